The van der Waals surface area contributed by atoms with Crippen LogP contribution < -0.4 is 11.1 Å². The van der Waals surface area contributed by atoms with E-state index in [0.29, 0.717) is 17.9 Å². The van der Waals surface area contributed by atoms with E-state index in [1.807, 2.05) is 12.1 Å². The van der Waals surface area contributed by atoms with Gasteiger partial charge < -0.3 is 11.1 Å². The summed E-state index contributed by atoms with van der Waals surface area (Å²) >= 11 is 3.43. The van der Waals surface area contributed by atoms with Crippen molar-refractivity contribution in [2.75, 3.05) is 17.6 Å². The van der Waals surface area contributed by atoms with Crippen molar-refractivity contribution in [3.05, 3.63) is 58.3 Å². The second kappa shape index (κ2) is 5.87. The van der Waals surface area contributed by atoms with Crippen LogP contribution in [0, 0.1) is 5.82 Å². The molecule has 0 aromatic heterocycles. The SMILES string of the molecule is Nc1ccc(F)cc1NCCc1cccc(Br)c1. The molecule has 0 heterocycles. The van der Waals surface area contributed by atoms with Crippen LogP contribution in [0.5, 0.6) is 0 Å². The zero-order valence-corrected chi connectivity index (χ0v) is 11.4. The molecule has 0 bridgehead atoms. The molecule has 0 aliphatic carbocycles. The molecule has 3 N–H and O–H groups in total. The van der Waals surface area contributed by atoms with Crippen LogP contribution in [-0.4, -0.2) is 6.54 Å². The molecule has 0 atom stereocenters. The van der Waals surface area contributed by atoms with Crippen LogP contribution in [0.15, 0.2) is 46.9 Å². The van der Waals surface area contributed by atoms with Crippen molar-refractivity contribution in [2.45, 2.75) is 6.42 Å². The van der Waals surface area contributed by atoms with Gasteiger partial charge in [-0.2, -0.15) is 0 Å². The van der Waals surface area contributed by atoms with E-state index >= 15 is 0 Å². The molecule has 0 aliphatic rings. The largest absolute Gasteiger partial charge is 0.397 e. The molecule has 2 aromatic rings. The predicted molar refractivity (Wildman–Crippen MR) is 77.1 cm³/mol. The summed E-state index contributed by atoms with van der Waals surface area (Å²) in [6, 6.07) is 12.4. The number of hydrogen-bond acceptors (Lipinski definition) is 2. The number of halogens is 2. The van der Waals surface area contributed by atoms with Crippen LogP contribution in [0.2, 0.25) is 0 Å². The summed E-state index contributed by atoms with van der Waals surface area (Å²) in [5, 5.41) is 3.14. The molecule has 94 valence electrons. The van der Waals surface area contributed by atoms with Gasteiger partial charge in [0.1, 0.15) is 5.82 Å². The van der Waals surface area contributed by atoms with Gasteiger partial charge in [0, 0.05) is 11.0 Å². The first-order valence-electron chi connectivity index (χ1n) is 5.68. The van der Waals surface area contributed by atoms with Crippen LogP contribution in [0.4, 0.5) is 15.8 Å². The molecule has 0 saturated carbocycles. The quantitative estimate of drug-likeness (QED) is 0.843. The summed E-state index contributed by atoms with van der Waals surface area (Å²) < 4.78 is 14.1. The summed E-state index contributed by atoms with van der Waals surface area (Å²) in [7, 11) is 0. The first-order valence-corrected chi connectivity index (χ1v) is 6.48. The number of anilines is 2. The molecular formula is C14H14BrFN2. The minimum absolute atomic E-state index is 0.283. The van der Waals surface area contributed by atoms with Crippen LogP contribution in [-0.2, 0) is 6.42 Å². The van der Waals surface area contributed by atoms with Crippen molar-refractivity contribution in [3.8, 4) is 0 Å². The number of nitrogen functional groups attached to an aromatic ring is 1. The van der Waals surface area contributed by atoms with Crippen molar-refractivity contribution in [1.82, 2.24) is 0 Å². The van der Waals surface area contributed by atoms with Gasteiger partial charge in [0.25, 0.3) is 0 Å². The highest BCUT2D eigenvalue weighted by molar-refractivity contribution is 9.10. The van der Waals surface area contributed by atoms with E-state index in [9.17, 15) is 4.39 Å². The first kappa shape index (κ1) is 12.9. The second-order valence-corrected chi connectivity index (χ2v) is 4.95. The average molecular weight is 309 g/mol. The topological polar surface area (TPSA) is 38.0 Å². The van der Waals surface area contributed by atoms with Crippen molar-refractivity contribution < 1.29 is 4.39 Å². The lowest BCUT2D eigenvalue weighted by atomic mass is 10.1. The van der Waals surface area contributed by atoms with Crippen molar-refractivity contribution in [3.63, 3.8) is 0 Å². The fourth-order valence-electron chi connectivity index (χ4n) is 1.72. The normalized spacial score (nSPS) is 10.3. The summed E-state index contributed by atoms with van der Waals surface area (Å²) in [5.74, 6) is -0.283. The summed E-state index contributed by atoms with van der Waals surface area (Å²) in [6.45, 7) is 0.712. The third-order valence-electron chi connectivity index (χ3n) is 2.63. The minimum atomic E-state index is -0.283. The molecule has 0 saturated heterocycles. The average Bonchev–Trinajstić information content (AvgIpc) is 2.34. The van der Waals surface area contributed by atoms with E-state index in [-0.39, 0.29) is 5.82 Å². The minimum Gasteiger partial charge on any atom is -0.397 e. The maximum atomic E-state index is 13.0. The lowest BCUT2D eigenvalue weighted by Gasteiger charge is -2.09. The predicted octanol–water partition coefficient (Wildman–Crippen LogP) is 3.83. The Hall–Kier alpha value is -1.55. The lowest BCUT2D eigenvalue weighted by Crippen LogP contribution is -2.07. The number of benzene rings is 2. The van der Waals surface area contributed by atoms with Gasteiger partial charge in [0.15, 0.2) is 0 Å². The fourth-order valence-corrected chi connectivity index (χ4v) is 2.16. The highest BCUT2D eigenvalue weighted by Gasteiger charge is 2.00. The smallest absolute Gasteiger partial charge is 0.125 e. The Labute approximate surface area is 114 Å². The first-order chi connectivity index (χ1) is 8.65. The zero-order valence-electron chi connectivity index (χ0n) is 9.79. The fraction of sp³-hybridized carbons (Fsp3) is 0.143. The maximum Gasteiger partial charge on any atom is 0.125 e. The monoisotopic (exact) mass is 308 g/mol. The Balaban J connectivity index is 1.94. The van der Waals surface area contributed by atoms with Crippen LogP contribution >= 0.6 is 15.9 Å². The molecule has 4 heteroatoms. The van der Waals surface area contributed by atoms with Gasteiger partial charge in [0.05, 0.1) is 11.4 Å². The van der Waals surface area contributed by atoms with Crippen LogP contribution in [0.25, 0.3) is 0 Å². The third kappa shape index (κ3) is 3.47. The summed E-state index contributed by atoms with van der Waals surface area (Å²) in [6.07, 6.45) is 0.857. The van der Waals surface area contributed by atoms with Gasteiger partial charge in [-0.1, -0.05) is 28.1 Å². The molecular weight excluding hydrogens is 295 g/mol. The Morgan fingerprint density at radius 2 is 2.00 bits per heavy atom. The number of rotatable bonds is 4. The standard InChI is InChI=1S/C14H14BrFN2/c15-11-3-1-2-10(8-11)6-7-18-14-9-12(16)4-5-13(14)17/h1-5,8-9,18H,6-7,17H2. The van der Waals surface area contributed by atoms with Gasteiger partial charge in [-0.3, -0.25) is 0 Å². The van der Waals surface area contributed by atoms with E-state index in [1.165, 1.54) is 17.7 Å². The highest BCUT2D eigenvalue weighted by atomic mass is 79.9. The summed E-state index contributed by atoms with van der Waals surface area (Å²) in [5.41, 5.74) is 8.18. The molecule has 2 rings (SSSR count). The molecule has 2 aromatic carbocycles. The third-order valence-corrected chi connectivity index (χ3v) is 3.13. The molecule has 2 nitrogen and oxygen atoms in total. The Bertz CT molecular complexity index is 543. The highest BCUT2D eigenvalue weighted by Crippen LogP contribution is 2.19. The number of nitrogens with one attached hydrogen (secondary N) is 1. The van der Waals surface area contributed by atoms with Crippen molar-refractivity contribution in [2.24, 2.45) is 0 Å². The zero-order chi connectivity index (χ0) is 13.0. The van der Waals surface area contributed by atoms with Gasteiger partial charge >= 0.3 is 0 Å². The lowest BCUT2D eigenvalue weighted by molar-refractivity contribution is 0.628. The van der Waals surface area contributed by atoms with Gasteiger partial charge in [-0.25, -0.2) is 4.39 Å². The Kier molecular flexibility index (Phi) is 4.20. The van der Waals surface area contributed by atoms with Gasteiger partial charge in [0.2, 0.25) is 0 Å². The maximum absolute atomic E-state index is 13.0. The molecule has 0 fully saturated rings. The van der Waals surface area contributed by atoms with E-state index in [4.69, 9.17) is 5.73 Å². The van der Waals surface area contributed by atoms with Crippen LogP contribution in [0.3, 0.4) is 0 Å². The van der Waals surface area contributed by atoms with E-state index in [1.54, 1.807) is 6.07 Å². The van der Waals surface area contributed by atoms with Gasteiger partial charge in [-0.05, 0) is 42.3 Å². The van der Waals surface area contributed by atoms with Crippen LogP contribution in [0.1, 0.15) is 5.56 Å². The molecule has 0 aliphatic heterocycles. The van der Waals surface area contributed by atoms with E-state index < -0.39 is 0 Å². The van der Waals surface area contributed by atoms with Crippen molar-refractivity contribution >= 4 is 27.3 Å². The molecule has 0 amide bonds. The number of hydrogen-bond donors (Lipinski definition) is 2. The van der Waals surface area contributed by atoms with Gasteiger partial charge in [-0.15, -0.1) is 0 Å². The molecule has 0 radical (unpaired) electrons. The Morgan fingerprint density at radius 3 is 2.78 bits per heavy atom. The second-order valence-electron chi connectivity index (χ2n) is 4.04. The number of nitrogens with two attached hydrogens (primary N) is 1. The Morgan fingerprint density at radius 1 is 1.17 bits per heavy atom. The van der Waals surface area contributed by atoms with E-state index in [2.05, 4.69) is 33.4 Å². The van der Waals surface area contributed by atoms with E-state index in [0.717, 1.165) is 10.9 Å². The van der Waals surface area contributed by atoms with Crippen molar-refractivity contribution in [1.29, 1.82) is 0 Å². The molecule has 0 spiro atoms. The summed E-state index contributed by atoms with van der Waals surface area (Å²) in [4.78, 5) is 0. The molecule has 0 unspecified atom stereocenters. The molecule has 18 heavy (non-hydrogen) atoms.